The summed E-state index contributed by atoms with van der Waals surface area (Å²) < 4.78 is 3.16. The topological polar surface area (TPSA) is 17.3 Å². The highest BCUT2D eigenvalue weighted by Gasteiger charge is 2.08. The number of hydrogen-bond acceptors (Lipinski definition) is 1. The second-order valence-corrected chi connectivity index (χ2v) is 4.21. The number of imidazole rings is 1. The second-order valence-electron chi connectivity index (χ2n) is 3.46. The van der Waals surface area contributed by atoms with Crippen LogP contribution in [-0.4, -0.2) is 9.38 Å². The van der Waals surface area contributed by atoms with Gasteiger partial charge < -0.3 is 0 Å². The van der Waals surface area contributed by atoms with Crippen molar-refractivity contribution in [1.29, 1.82) is 0 Å². The fourth-order valence-electron chi connectivity index (χ4n) is 1.73. The summed E-state index contributed by atoms with van der Waals surface area (Å²) in [6.07, 6.45) is 2.15. The summed E-state index contributed by atoms with van der Waals surface area (Å²) in [5.74, 6) is 1.15. The van der Waals surface area contributed by atoms with Crippen molar-refractivity contribution in [3.63, 3.8) is 0 Å². The van der Waals surface area contributed by atoms with Crippen LogP contribution in [0.15, 0.2) is 22.8 Å². The summed E-state index contributed by atoms with van der Waals surface area (Å²) in [6.45, 7) is 4.29. The van der Waals surface area contributed by atoms with Crippen molar-refractivity contribution in [1.82, 2.24) is 9.38 Å². The molecule has 0 saturated heterocycles. The van der Waals surface area contributed by atoms with E-state index in [9.17, 15) is 0 Å². The van der Waals surface area contributed by atoms with Gasteiger partial charge in [-0.15, -0.1) is 0 Å². The fraction of sp³-hybridized carbons (Fsp3) is 0.364. The first kappa shape index (κ1) is 9.71. The largest absolute Gasteiger partial charge is 0.300 e. The number of nitrogens with zero attached hydrogens (tertiary/aromatic N) is 2. The monoisotopic (exact) mass is 252 g/mol. The van der Waals surface area contributed by atoms with E-state index in [-0.39, 0.29) is 0 Å². The first-order valence-electron chi connectivity index (χ1n) is 4.86. The van der Waals surface area contributed by atoms with Gasteiger partial charge in [-0.3, -0.25) is 4.40 Å². The molecule has 0 radical (unpaired) electrons. The van der Waals surface area contributed by atoms with Gasteiger partial charge >= 0.3 is 0 Å². The molecule has 0 spiro atoms. The molecule has 0 aromatic carbocycles. The average molecular weight is 253 g/mol. The highest BCUT2D eigenvalue weighted by atomic mass is 79.9. The minimum absolute atomic E-state index is 0.949. The first-order valence-corrected chi connectivity index (χ1v) is 5.65. The van der Waals surface area contributed by atoms with Crippen molar-refractivity contribution in [2.24, 2.45) is 0 Å². The van der Waals surface area contributed by atoms with Crippen LogP contribution in [0, 0.1) is 6.92 Å². The van der Waals surface area contributed by atoms with E-state index in [1.54, 1.807) is 0 Å². The predicted octanol–water partition coefficient (Wildman–Crippen LogP) is 3.36. The number of hydrogen-bond donors (Lipinski definition) is 0. The molecule has 0 unspecified atom stereocenters. The number of pyridine rings is 1. The first-order chi connectivity index (χ1) is 6.74. The lowest BCUT2D eigenvalue weighted by molar-refractivity contribution is 0.819. The van der Waals surface area contributed by atoms with Crippen LogP contribution in [0.25, 0.3) is 5.52 Å². The summed E-state index contributed by atoms with van der Waals surface area (Å²) in [6, 6.07) is 6.26. The number of fused-ring (bicyclic) bond motifs is 1. The Hall–Kier alpha value is -0.830. The maximum atomic E-state index is 4.52. The Labute approximate surface area is 92.1 Å². The number of aryl methyl sites for hydroxylation is 2. The van der Waals surface area contributed by atoms with Gasteiger partial charge in [-0.2, -0.15) is 0 Å². The number of aromatic nitrogens is 2. The zero-order valence-electron chi connectivity index (χ0n) is 8.42. The molecule has 3 heteroatoms. The van der Waals surface area contributed by atoms with Crippen molar-refractivity contribution in [3.05, 3.63) is 34.3 Å². The molecule has 2 aromatic heterocycles. The van der Waals surface area contributed by atoms with Gasteiger partial charge in [0, 0.05) is 12.1 Å². The Morgan fingerprint density at radius 1 is 1.43 bits per heavy atom. The molecule has 0 aliphatic carbocycles. The Balaban J connectivity index is 2.72. The summed E-state index contributed by atoms with van der Waals surface area (Å²) >= 11 is 3.49. The molecule has 14 heavy (non-hydrogen) atoms. The van der Waals surface area contributed by atoms with E-state index in [0.717, 1.165) is 28.8 Å². The van der Waals surface area contributed by atoms with Gasteiger partial charge in [0.15, 0.2) is 0 Å². The van der Waals surface area contributed by atoms with E-state index >= 15 is 0 Å². The molecule has 0 saturated carbocycles. The molecule has 0 bridgehead atoms. The quantitative estimate of drug-likeness (QED) is 0.802. The van der Waals surface area contributed by atoms with Crippen LogP contribution in [0.5, 0.6) is 0 Å². The van der Waals surface area contributed by atoms with E-state index in [4.69, 9.17) is 0 Å². The summed E-state index contributed by atoms with van der Waals surface area (Å²) in [7, 11) is 0. The fourth-order valence-corrected chi connectivity index (χ4v) is 2.25. The maximum Gasteiger partial charge on any atom is 0.132 e. The van der Waals surface area contributed by atoms with Gasteiger partial charge in [0.2, 0.25) is 0 Å². The second kappa shape index (κ2) is 3.73. The van der Waals surface area contributed by atoms with E-state index < -0.39 is 0 Å². The molecule has 2 aromatic rings. The van der Waals surface area contributed by atoms with Crippen LogP contribution in [0.1, 0.15) is 24.9 Å². The molecule has 2 heterocycles. The maximum absolute atomic E-state index is 4.52. The Bertz CT molecular complexity index is 460. The van der Waals surface area contributed by atoms with Crippen molar-refractivity contribution in [2.75, 3.05) is 0 Å². The molecule has 0 fully saturated rings. The van der Waals surface area contributed by atoms with Crippen LogP contribution in [0.2, 0.25) is 0 Å². The highest BCUT2D eigenvalue weighted by Crippen LogP contribution is 2.21. The standard InChI is InChI=1S/C11H13BrN2/c1-3-5-10-13-11(12)9-7-4-6-8(2)14(9)10/h4,6-7H,3,5H2,1-2H3. The molecular weight excluding hydrogens is 240 g/mol. The third-order valence-electron chi connectivity index (χ3n) is 2.36. The minimum atomic E-state index is 0.949. The number of halogens is 1. The Kier molecular flexibility index (Phi) is 2.59. The third kappa shape index (κ3) is 1.46. The normalized spacial score (nSPS) is 11.1. The van der Waals surface area contributed by atoms with Crippen molar-refractivity contribution < 1.29 is 0 Å². The number of rotatable bonds is 2. The van der Waals surface area contributed by atoms with Crippen molar-refractivity contribution >= 4 is 21.4 Å². The molecule has 2 rings (SSSR count). The van der Waals surface area contributed by atoms with Gasteiger partial charge in [-0.05, 0) is 41.4 Å². The van der Waals surface area contributed by atoms with Gasteiger partial charge in [-0.25, -0.2) is 4.98 Å². The zero-order valence-corrected chi connectivity index (χ0v) is 10.0. The van der Waals surface area contributed by atoms with Crippen molar-refractivity contribution in [2.45, 2.75) is 26.7 Å². The Morgan fingerprint density at radius 3 is 2.93 bits per heavy atom. The van der Waals surface area contributed by atoms with Crippen LogP contribution < -0.4 is 0 Å². The Morgan fingerprint density at radius 2 is 2.21 bits per heavy atom. The lowest BCUT2D eigenvalue weighted by atomic mass is 10.3. The van der Waals surface area contributed by atoms with E-state index in [1.165, 1.54) is 5.69 Å². The van der Waals surface area contributed by atoms with Crippen LogP contribution in [0.4, 0.5) is 0 Å². The lowest BCUT2D eigenvalue weighted by Gasteiger charge is -2.02. The summed E-state index contributed by atoms with van der Waals surface area (Å²) in [4.78, 5) is 4.52. The summed E-state index contributed by atoms with van der Waals surface area (Å²) in [5, 5.41) is 0. The van der Waals surface area contributed by atoms with Crippen molar-refractivity contribution in [3.8, 4) is 0 Å². The SMILES string of the molecule is CCCc1nc(Br)c2cccc(C)n12. The molecule has 0 amide bonds. The van der Waals surface area contributed by atoms with Gasteiger partial charge in [-0.1, -0.05) is 13.0 Å². The van der Waals surface area contributed by atoms with Gasteiger partial charge in [0.25, 0.3) is 0 Å². The predicted molar refractivity (Wildman–Crippen MR) is 61.6 cm³/mol. The lowest BCUT2D eigenvalue weighted by Crippen LogP contribution is -1.97. The molecule has 74 valence electrons. The van der Waals surface area contributed by atoms with Crippen LogP contribution in [-0.2, 0) is 6.42 Å². The molecule has 0 N–H and O–H groups in total. The van der Waals surface area contributed by atoms with E-state index in [0.29, 0.717) is 0 Å². The minimum Gasteiger partial charge on any atom is -0.300 e. The molecule has 0 aliphatic rings. The smallest absolute Gasteiger partial charge is 0.132 e. The molecule has 0 aliphatic heterocycles. The van der Waals surface area contributed by atoms with E-state index in [2.05, 4.69) is 57.4 Å². The van der Waals surface area contributed by atoms with E-state index in [1.807, 2.05) is 0 Å². The van der Waals surface area contributed by atoms with Gasteiger partial charge in [0.05, 0.1) is 5.52 Å². The highest BCUT2D eigenvalue weighted by molar-refractivity contribution is 9.10. The molecule has 0 atom stereocenters. The molecular formula is C11H13BrN2. The summed E-state index contributed by atoms with van der Waals surface area (Å²) in [5.41, 5.74) is 2.40. The zero-order chi connectivity index (χ0) is 10.1. The molecule has 2 nitrogen and oxygen atoms in total. The van der Waals surface area contributed by atoms with Crippen LogP contribution >= 0.6 is 15.9 Å². The third-order valence-corrected chi connectivity index (χ3v) is 2.94. The van der Waals surface area contributed by atoms with Gasteiger partial charge in [0.1, 0.15) is 10.4 Å². The average Bonchev–Trinajstić information content (AvgIpc) is 2.46. The van der Waals surface area contributed by atoms with Crippen LogP contribution in [0.3, 0.4) is 0 Å².